The summed E-state index contributed by atoms with van der Waals surface area (Å²) in [6.45, 7) is 0.506. The lowest BCUT2D eigenvalue weighted by atomic mass is 9.81. The van der Waals surface area contributed by atoms with Gasteiger partial charge >= 0.3 is 10.2 Å². The SMILES string of the molecule is COc1ccc(C2CCCCC2)c2c1cc1n2CC2=C(C(=O)NS(=O)(=O)N(C)C)C2=C2C=CC[C@@H](N)C21. The number of methoxy groups -OCH3 is 1. The molecule has 1 unspecified atom stereocenters. The van der Waals surface area contributed by atoms with Crippen LogP contribution in [0, 0.1) is 0 Å². The molecule has 8 nitrogen and oxygen atoms in total. The second-order valence-electron chi connectivity index (χ2n) is 10.8. The summed E-state index contributed by atoms with van der Waals surface area (Å²) in [6, 6.07) is 6.38. The lowest BCUT2D eigenvalue weighted by molar-refractivity contribution is -0.115. The van der Waals surface area contributed by atoms with Crippen LogP contribution in [0.2, 0.25) is 0 Å². The van der Waals surface area contributed by atoms with Crippen LogP contribution in [-0.2, 0) is 21.5 Å². The van der Waals surface area contributed by atoms with Gasteiger partial charge in [0.15, 0.2) is 0 Å². The lowest BCUT2D eigenvalue weighted by Gasteiger charge is -2.29. The number of fused-ring (bicyclic) bond motifs is 6. The van der Waals surface area contributed by atoms with Crippen molar-refractivity contribution in [1.29, 1.82) is 0 Å². The van der Waals surface area contributed by atoms with Crippen LogP contribution < -0.4 is 15.2 Å². The zero-order valence-electron chi connectivity index (χ0n) is 21.6. The number of aromatic nitrogens is 1. The summed E-state index contributed by atoms with van der Waals surface area (Å²) in [7, 11) is 0.605. The molecule has 1 saturated carbocycles. The first kappa shape index (κ1) is 24.5. The van der Waals surface area contributed by atoms with Crippen LogP contribution in [0.5, 0.6) is 5.75 Å². The van der Waals surface area contributed by atoms with Crippen molar-refractivity contribution in [3.8, 4) is 5.75 Å². The van der Waals surface area contributed by atoms with Crippen LogP contribution >= 0.6 is 0 Å². The number of benzene rings is 1. The van der Waals surface area contributed by atoms with E-state index in [1.54, 1.807) is 7.11 Å². The van der Waals surface area contributed by atoms with E-state index in [1.165, 1.54) is 51.8 Å². The first-order chi connectivity index (χ1) is 17.7. The molecule has 6 rings (SSSR count). The van der Waals surface area contributed by atoms with E-state index in [0.717, 1.165) is 49.8 Å². The van der Waals surface area contributed by atoms with Crippen LogP contribution in [-0.4, -0.2) is 50.4 Å². The molecule has 1 aromatic carbocycles. The monoisotopic (exact) mass is 522 g/mol. The van der Waals surface area contributed by atoms with E-state index in [0.29, 0.717) is 18.0 Å². The largest absolute Gasteiger partial charge is 0.496 e. The van der Waals surface area contributed by atoms with Gasteiger partial charge in [-0.2, -0.15) is 12.7 Å². The Morgan fingerprint density at radius 2 is 1.95 bits per heavy atom. The second kappa shape index (κ2) is 8.85. The Morgan fingerprint density at radius 3 is 2.65 bits per heavy atom. The fourth-order valence-electron chi connectivity index (χ4n) is 6.56. The predicted molar refractivity (Wildman–Crippen MR) is 144 cm³/mol. The molecule has 2 aromatic rings. The van der Waals surface area contributed by atoms with Crippen LogP contribution in [0.1, 0.15) is 61.6 Å². The molecule has 1 amide bonds. The molecule has 1 aliphatic heterocycles. The number of carbonyl (C=O) groups is 1. The zero-order chi connectivity index (χ0) is 26.1. The van der Waals surface area contributed by atoms with Crippen molar-refractivity contribution in [1.82, 2.24) is 13.6 Å². The third-order valence-corrected chi connectivity index (χ3v) is 9.86. The third kappa shape index (κ3) is 3.86. The van der Waals surface area contributed by atoms with Crippen LogP contribution in [0.15, 0.2) is 52.6 Å². The maximum atomic E-state index is 13.2. The van der Waals surface area contributed by atoms with Crippen molar-refractivity contribution >= 4 is 27.0 Å². The molecule has 196 valence electrons. The number of allylic oxidation sites excluding steroid dienone is 2. The molecule has 1 fully saturated rings. The smallest absolute Gasteiger partial charge is 0.303 e. The van der Waals surface area contributed by atoms with Crippen molar-refractivity contribution < 1.29 is 17.9 Å². The Labute approximate surface area is 218 Å². The van der Waals surface area contributed by atoms with Gasteiger partial charge < -0.3 is 15.0 Å². The first-order valence-electron chi connectivity index (χ1n) is 13.1. The summed E-state index contributed by atoms with van der Waals surface area (Å²) in [4.78, 5) is 13.2. The minimum atomic E-state index is -3.90. The van der Waals surface area contributed by atoms with E-state index in [2.05, 4.69) is 39.6 Å². The van der Waals surface area contributed by atoms with Crippen LogP contribution in [0.25, 0.3) is 10.9 Å². The molecule has 0 bridgehead atoms. The van der Waals surface area contributed by atoms with E-state index in [4.69, 9.17) is 10.5 Å². The average molecular weight is 523 g/mol. The number of carbonyl (C=O) groups excluding carboxylic acids is 1. The molecule has 4 aliphatic rings. The summed E-state index contributed by atoms with van der Waals surface area (Å²) in [5.41, 5.74) is 13.6. The number of hydrogen-bond donors (Lipinski definition) is 2. The fraction of sp³-hybridized carbons (Fsp3) is 0.464. The number of nitrogens with two attached hydrogens (primary N) is 1. The number of rotatable bonds is 5. The van der Waals surface area contributed by atoms with E-state index in [9.17, 15) is 13.2 Å². The highest BCUT2D eigenvalue weighted by atomic mass is 32.2. The Bertz CT molecular complexity index is 1510. The molecule has 3 aliphatic carbocycles. The Kier molecular flexibility index (Phi) is 5.85. The molecule has 37 heavy (non-hydrogen) atoms. The maximum Gasteiger partial charge on any atom is 0.303 e. The van der Waals surface area contributed by atoms with Gasteiger partial charge in [0.25, 0.3) is 5.91 Å². The van der Waals surface area contributed by atoms with Crippen molar-refractivity contribution in [2.45, 2.75) is 62.9 Å². The number of hydrogen-bond acceptors (Lipinski definition) is 5. The molecule has 0 saturated heterocycles. The average Bonchev–Trinajstić information content (AvgIpc) is 3.51. The Balaban J connectivity index is 1.54. The van der Waals surface area contributed by atoms with Crippen molar-refractivity contribution in [3.05, 3.63) is 63.9 Å². The number of nitrogens with one attached hydrogen (secondary N) is 1. The molecule has 1 aromatic heterocycles. The molecular weight excluding hydrogens is 488 g/mol. The van der Waals surface area contributed by atoms with E-state index in [1.807, 2.05) is 0 Å². The van der Waals surface area contributed by atoms with E-state index in [-0.39, 0.29) is 12.0 Å². The van der Waals surface area contributed by atoms with Gasteiger partial charge in [0.1, 0.15) is 5.75 Å². The van der Waals surface area contributed by atoms with E-state index < -0.39 is 16.1 Å². The third-order valence-electron chi connectivity index (χ3n) is 8.46. The van der Waals surface area contributed by atoms with Gasteiger partial charge in [-0.3, -0.25) is 4.79 Å². The van der Waals surface area contributed by atoms with Gasteiger partial charge in [0.2, 0.25) is 0 Å². The molecule has 2 heterocycles. The quantitative estimate of drug-likeness (QED) is 0.624. The summed E-state index contributed by atoms with van der Waals surface area (Å²) in [5, 5.41) is 1.08. The van der Waals surface area contributed by atoms with Crippen molar-refractivity contribution in [3.63, 3.8) is 0 Å². The summed E-state index contributed by atoms with van der Waals surface area (Å²) in [5.74, 6) is 0.644. The number of ether oxygens (including phenoxy) is 1. The zero-order valence-corrected chi connectivity index (χ0v) is 22.4. The molecule has 9 heteroatoms. The van der Waals surface area contributed by atoms with Gasteiger partial charge in [-0.25, -0.2) is 4.72 Å². The molecule has 2 atom stereocenters. The fourth-order valence-corrected chi connectivity index (χ4v) is 7.08. The van der Waals surface area contributed by atoms with Crippen LogP contribution in [0.4, 0.5) is 0 Å². The van der Waals surface area contributed by atoms with Gasteiger partial charge in [-0.15, -0.1) is 0 Å². The summed E-state index contributed by atoms with van der Waals surface area (Å²) < 4.78 is 36.2. The van der Waals surface area contributed by atoms with Gasteiger partial charge in [-0.05, 0) is 59.6 Å². The molecule has 0 radical (unpaired) electrons. The molecular formula is C28H34N4O4S. The topological polar surface area (TPSA) is 107 Å². The highest BCUT2D eigenvalue weighted by Gasteiger charge is 2.45. The summed E-state index contributed by atoms with van der Waals surface area (Å²) in [6.07, 6.45) is 10.9. The summed E-state index contributed by atoms with van der Waals surface area (Å²) >= 11 is 0. The minimum Gasteiger partial charge on any atom is -0.496 e. The number of nitrogens with zero attached hydrogens (tertiary/aromatic N) is 2. The lowest BCUT2D eigenvalue weighted by Crippen LogP contribution is -2.39. The van der Waals surface area contributed by atoms with E-state index >= 15 is 0 Å². The van der Waals surface area contributed by atoms with Gasteiger partial charge in [0.05, 0.1) is 18.2 Å². The van der Waals surface area contributed by atoms with Crippen molar-refractivity contribution in [2.75, 3.05) is 21.2 Å². The Hall–Kier alpha value is -2.88. The highest BCUT2D eigenvalue weighted by Crippen LogP contribution is 2.53. The van der Waals surface area contributed by atoms with Gasteiger partial charge in [0, 0.05) is 43.7 Å². The number of amides is 1. The molecule has 3 N–H and O–H groups in total. The van der Waals surface area contributed by atoms with Crippen molar-refractivity contribution in [2.24, 2.45) is 5.73 Å². The normalized spacial score (nSPS) is 23.6. The predicted octanol–water partition coefficient (Wildman–Crippen LogP) is 3.61. The maximum absolute atomic E-state index is 13.2. The van der Waals surface area contributed by atoms with Crippen LogP contribution in [0.3, 0.4) is 0 Å². The second-order valence-corrected chi connectivity index (χ2v) is 12.7. The van der Waals surface area contributed by atoms with Gasteiger partial charge in [-0.1, -0.05) is 37.5 Å². The standard InChI is InChI=1S/C28H34N4O4S/c1-31(2)37(34,35)30-28(33)26-20-15-32-22(25-18(24(20)26)10-7-11-21(25)29)14-19-23(36-3)13-12-17(27(19)32)16-8-5-4-6-9-16/h7,10,12-14,16,21,25H,4-6,8-9,11,15,29H2,1-3H3,(H,30,33)/t21-,25?/m1/s1. The highest BCUT2D eigenvalue weighted by molar-refractivity contribution is 7.87. The Morgan fingerprint density at radius 1 is 1.19 bits per heavy atom. The molecule has 0 spiro atoms. The first-order valence-corrected chi connectivity index (χ1v) is 14.5. The minimum absolute atomic E-state index is 0.0930.